The lowest BCUT2D eigenvalue weighted by atomic mass is 10.1. The van der Waals surface area contributed by atoms with Gasteiger partial charge in [-0.05, 0) is 12.5 Å². The molecule has 0 amide bonds. The first-order chi connectivity index (χ1) is 8.69. The van der Waals surface area contributed by atoms with Gasteiger partial charge in [0.25, 0.3) is 0 Å². The molecule has 5 heteroatoms. The van der Waals surface area contributed by atoms with Crippen LogP contribution in [0.15, 0.2) is 6.07 Å². The van der Waals surface area contributed by atoms with Crippen LogP contribution in [0.5, 0.6) is 0 Å². The highest BCUT2D eigenvalue weighted by Gasteiger charge is 2.18. The number of nitrogens with one attached hydrogen (secondary N) is 1. The highest BCUT2D eigenvalue weighted by atomic mass is 16.5. The Bertz CT molecular complexity index is 408. The smallest absolute Gasteiger partial charge is 0.141 e. The third-order valence-electron chi connectivity index (χ3n) is 3.23. The van der Waals surface area contributed by atoms with E-state index < -0.39 is 0 Å². The standard InChI is InChI=1S/C13H21N3O2/c1-3-10-6-11(16(2)15-10)7-12(17)8-13-9-14-4-5-18-13/h6,13-14H,3-5,7-9H2,1-2H3. The zero-order valence-corrected chi connectivity index (χ0v) is 11.1. The van der Waals surface area contributed by atoms with Crippen LogP contribution in [0, 0.1) is 0 Å². The molecule has 0 radical (unpaired) electrons. The van der Waals surface area contributed by atoms with Gasteiger partial charge >= 0.3 is 0 Å². The Morgan fingerprint density at radius 3 is 3.11 bits per heavy atom. The molecule has 1 aromatic heterocycles. The van der Waals surface area contributed by atoms with E-state index in [9.17, 15) is 4.79 Å². The number of ketones is 1. The fourth-order valence-corrected chi connectivity index (χ4v) is 2.19. The monoisotopic (exact) mass is 251 g/mol. The topological polar surface area (TPSA) is 56.1 Å². The van der Waals surface area contributed by atoms with Crippen molar-refractivity contribution in [2.24, 2.45) is 7.05 Å². The van der Waals surface area contributed by atoms with E-state index in [1.807, 2.05) is 13.1 Å². The maximum atomic E-state index is 12.0. The quantitative estimate of drug-likeness (QED) is 0.826. The van der Waals surface area contributed by atoms with Crippen molar-refractivity contribution < 1.29 is 9.53 Å². The summed E-state index contributed by atoms with van der Waals surface area (Å²) in [6, 6.07) is 2.01. The Morgan fingerprint density at radius 1 is 1.67 bits per heavy atom. The summed E-state index contributed by atoms with van der Waals surface area (Å²) in [6.45, 7) is 4.42. The molecule has 0 aromatic carbocycles. The molecular formula is C13H21N3O2. The van der Waals surface area contributed by atoms with Crippen molar-refractivity contribution >= 4 is 5.78 Å². The highest BCUT2D eigenvalue weighted by molar-refractivity contribution is 5.81. The van der Waals surface area contributed by atoms with Crippen LogP contribution < -0.4 is 5.32 Å². The second-order valence-corrected chi connectivity index (χ2v) is 4.72. The fraction of sp³-hybridized carbons (Fsp3) is 0.692. The number of carbonyl (C=O) groups is 1. The molecule has 0 aliphatic carbocycles. The summed E-state index contributed by atoms with van der Waals surface area (Å²) >= 11 is 0. The maximum Gasteiger partial charge on any atom is 0.141 e. The first kappa shape index (κ1) is 13.2. The van der Waals surface area contributed by atoms with E-state index in [1.54, 1.807) is 4.68 Å². The van der Waals surface area contributed by atoms with Crippen LogP contribution in [0.4, 0.5) is 0 Å². The summed E-state index contributed by atoms with van der Waals surface area (Å²) in [7, 11) is 1.89. The second-order valence-electron chi connectivity index (χ2n) is 4.72. The lowest BCUT2D eigenvalue weighted by molar-refractivity contribution is -0.121. The summed E-state index contributed by atoms with van der Waals surface area (Å²) in [5.74, 6) is 0.217. The predicted octanol–water partition coefficient (Wildman–Crippen LogP) is 0.473. The molecule has 100 valence electrons. The van der Waals surface area contributed by atoms with Crippen LogP contribution >= 0.6 is 0 Å². The van der Waals surface area contributed by atoms with Gasteiger partial charge in [-0.1, -0.05) is 6.92 Å². The second kappa shape index (κ2) is 6.11. The molecule has 1 aliphatic heterocycles. The number of hydrogen-bond acceptors (Lipinski definition) is 4. The zero-order chi connectivity index (χ0) is 13.0. The minimum atomic E-state index is 0.0325. The highest BCUT2D eigenvalue weighted by Crippen LogP contribution is 2.09. The molecular weight excluding hydrogens is 230 g/mol. The molecule has 5 nitrogen and oxygen atoms in total. The fourth-order valence-electron chi connectivity index (χ4n) is 2.19. The van der Waals surface area contributed by atoms with Gasteiger partial charge in [0.2, 0.25) is 0 Å². The molecule has 2 rings (SSSR count). The van der Waals surface area contributed by atoms with Crippen molar-refractivity contribution in [3.63, 3.8) is 0 Å². The summed E-state index contributed by atoms with van der Waals surface area (Å²) < 4.78 is 7.34. The van der Waals surface area contributed by atoms with Crippen LogP contribution in [0.25, 0.3) is 0 Å². The Labute approximate surface area is 108 Å². The Kier molecular flexibility index (Phi) is 4.49. The maximum absolute atomic E-state index is 12.0. The van der Waals surface area contributed by atoms with Gasteiger partial charge in [-0.3, -0.25) is 9.48 Å². The molecule has 1 saturated heterocycles. The van der Waals surface area contributed by atoms with Crippen LogP contribution in [0.3, 0.4) is 0 Å². The molecule has 1 fully saturated rings. The van der Waals surface area contributed by atoms with E-state index in [2.05, 4.69) is 17.3 Å². The first-order valence-electron chi connectivity index (χ1n) is 6.55. The minimum Gasteiger partial charge on any atom is -0.375 e. The van der Waals surface area contributed by atoms with Crippen molar-refractivity contribution in [2.45, 2.75) is 32.3 Å². The third kappa shape index (κ3) is 3.40. The van der Waals surface area contributed by atoms with Crippen molar-refractivity contribution in [1.29, 1.82) is 0 Å². The van der Waals surface area contributed by atoms with Gasteiger partial charge in [0.15, 0.2) is 0 Å². The van der Waals surface area contributed by atoms with Gasteiger partial charge in [-0.15, -0.1) is 0 Å². The van der Waals surface area contributed by atoms with Crippen LogP contribution in [0.1, 0.15) is 24.7 Å². The van der Waals surface area contributed by atoms with E-state index >= 15 is 0 Å². The van der Waals surface area contributed by atoms with Crippen LogP contribution in [0.2, 0.25) is 0 Å². The van der Waals surface area contributed by atoms with Gasteiger partial charge in [0.1, 0.15) is 5.78 Å². The van der Waals surface area contributed by atoms with Crippen LogP contribution in [-0.4, -0.2) is 41.4 Å². The normalized spacial score (nSPS) is 20.0. The van der Waals surface area contributed by atoms with Gasteiger partial charge in [0.05, 0.1) is 18.4 Å². The third-order valence-corrected chi connectivity index (χ3v) is 3.23. The van der Waals surface area contributed by atoms with E-state index in [-0.39, 0.29) is 11.9 Å². The van der Waals surface area contributed by atoms with Crippen molar-refractivity contribution in [3.05, 3.63) is 17.5 Å². The first-order valence-corrected chi connectivity index (χ1v) is 6.55. The van der Waals surface area contributed by atoms with Gasteiger partial charge in [-0.25, -0.2) is 0 Å². The Hall–Kier alpha value is -1.20. The number of ether oxygens (including phenoxy) is 1. The number of rotatable bonds is 5. The zero-order valence-electron chi connectivity index (χ0n) is 11.1. The lowest BCUT2D eigenvalue weighted by Crippen LogP contribution is -2.39. The molecule has 1 aliphatic rings. The molecule has 1 N–H and O–H groups in total. The number of nitrogens with zero attached hydrogens (tertiary/aromatic N) is 2. The van der Waals surface area contributed by atoms with E-state index in [0.29, 0.717) is 19.4 Å². The summed E-state index contributed by atoms with van der Waals surface area (Å²) in [5, 5.41) is 7.58. The SMILES string of the molecule is CCc1cc(CC(=O)CC2CNCCO2)n(C)n1. The summed E-state index contributed by atoms with van der Waals surface area (Å²) in [6.07, 6.45) is 1.87. The largest absolute Gasteiger partial charge is 0.375 e. The molecule has 1 atom stereocenters. The summed E-state index contributed by atoms with van der Waals surface area (Å²) in [4.78, 5) is 12.0. The van der Waals surface area contributed by atoms with Gasteiger partial charge < -0.3 is 10.1 Å². The van der Waals surface area contributed by atoms with E-state index in [0.717, 1.165) is 30.9 Å². The minimum absolute atomic E-state index is 0.0325. The Balaban J connectivity index is 1.87. The van der Waals surface area contributed by atoms with E-state index in [1.165, 1.54) is 0 Å². The predicted molar refractivity (Wildman–Crippen MR) is 68.5 cm³/mol. The van der Waals surface area contributed by atoms with Crippen molar-refractivity contribution in [1.82, 2.24) is 15.1 Å². The number of morpholine rings is 1. The molecule has 0 bridgehead atoms. The molecule has 1 aromatic rings. The van der Waals surface area contributed by atoms with E-state index in [4.69, 9.17) is 4.74 Å². The van der Waals surface area contributed by atoms with Gasteiger partial charge in [0, 0.05) is 38.7 Å². The molecule has 2 heterocycles. The molecule has 0 saturated carbocycles. The van der Waals surface area contributed by atoms with Gasteiger partial charge in [-0.2, -0.15) is 5.10 Å². The average molecular weight is 251 g/mol. The van der Waals surface area contributed by atoms with Crippen molar-refractivity contribution in [3.8, 4) is 0 Å². The molecule has 18 heavy (non-hydrogen) atoms. The number of aryl methyl sites for hydroxylation is 2. The van der Waals surface area contributed by atoms with Crippen molar-refractivity contribution in [2.75, 3.05) is 19.7 Å². The Morgan fingerprint density at radius 2 is 2.50 bits per heavy atom. The number of hydrogen-bond donors (Lipinski definition) is 1. The number of Topliss-reactive ketones (excluding diaryl/α,β-unsaturated/α-hetero) is 1. The lowest BCUT2D eigenvalue weighted by Gasteiger charge is -2.22. The average Bonchev–Trinajstić information content (AvgIpc) is 2.71. The molecule has 0 spiro atoms. The molecule has 1 unspecified atom stereocenters. The van der Waals surface area contributed by atoms with Crippen LogP contribution in [-0.2, 0) is 29.4 Å². The summed E-state index contributed by atoms with van der Waals surface area (Å²) in [5.41, 5.74) is 2.02. The number of aromatic nitrogens is 2. The number of carbonyl (C=O) groups excluding carboxylic acids is 1.